The van der Waals surface area contributed by atoms with Crippen molar-refractivity contribution in [1.82, 2.24) is 19.7 Å². The first-order chi connectivity index (χ1) is 8.88. The van der Waals surface area contributed by atoms with Crippen LogP contribution in [0.3, 0.4) is 0 Å². The fourth-order valence-corrected chi connectivity index (χ4v) is 2.04. The van der Waals surface area contributed by atoms with Crippen LogP contribution in [0, 0.1) is 20.8 Å². The van der Waals surface area contributed by atoms with Crippen LogP contribution in [0.2, 0.25) is 0 Å². The zero-order valence-electron chi connectivity index (χ0n) is 11.9. The average molecular weight is 262 g/mol. The summed E-state index contributed by atoms with van der Waals surface area (Å²) < 4.78 is 7.03. The fourth-order valence-electron chi connectivity index (χ4n) is 2.04. The number of aryl methyl sites for hydroxylation is 4. The molecule has 0 aromatic carbocycles. The van der Waals surface area contributed by atoms with Crippen LogP contribution in [0.25, 0.3) is 0 Å². The second-order valence-electron chi connectivity index (χ2n) is 4.71. The van der Waals surface area contributed by atoms with E-state index in [2.05, 4.69) is 10.1 Å². The molecule has 2 rings (SSSR count). The van der Waals surface area contributed by atoms with Crippen molar-refractivity contribution in [3.8, 4) is 0 Å². The maximum Gasteiger partial charge on any atom is 0.276 e. The smallest absolute Gasteiger partial charge is 0.276 e. The molecule has 0 unspecified atom stereocenters. The summed E-state index contributed by atoms with van der Waals surface area (Å²) >= 11 is 0. The Bertz CT molecular complexity index is 612. The predicted molar refractivity (Wildman–Crippen MR) is 69.7 cm³/mol. The number of carbonyl (C=O) groups is 1. The molecular weight excluding hydrogens is 244 g/mol. The van der Waals surface area contributed by atoms with Gasteiger partial charge in [0.15, 0.2) is 11.6 Å². The van der Waals surface area contributed by atoms with Gasteiger partial charge in [0.25, 0.3) is 5.91 Å². The minimum absolute atomic E-state index is 0.141. The Morgan fingerprint density at radius 2 is 2.11 bits per heavy atom. The number of rotatable bonds is 3. The lowest BCUT2D eigenvalue weighted by atomic mass is 10.2. The van der Waals surface area contributed by atoms with Crippen molar-refractivity contribution >= 4 is 5.91 Å². The molecule has 2 heterocycles. The first-order valence-electron chi connectivity index (χ1n) is 6.07. The average Bonchev–Trinajstić information content (AvgIpc) is 2.80. The van der Waals surface area contributed by atoms with Gasteiger partial charge in [-0.15, -0.1) is 0 Å². The molecular formula is C13H18N4O2. The summed E-state index contributed by atoms with van der Waals surface area (Å²) in [5, 5.41) is 4.26. The van der Waals surface area contributed by atoms with Crippen LogP contribution in [0.1, 0.15) is 33.4 Å². The Morgan fingerprint density at radius 3 is 2.58 bits per heavy atom. The lowest BCUT2D eigenvalue weighted by molar-refractivity contribution is 0.0778. The molecule has 2 aromatic rings. The molecule has 0 fully saturated rings. The third kappa shape index (κ3) is 2.67. The van der Waals surface area contributed by atoms with Crippen LogP contribution in [-0.2, 0) is 13.6 Å². The molecule has 0 radical (unpaired) electrons. The standard InChI is InChI=1S/C13H18N4O2/c1-8-11(7-17(5)15-8)6-16(4)13(18)12-9(2)19-10(3)14-12/h7H,6H2,1-5H3. The fraction of sp³-hybridized carbons (Fsp3) is 0.462. The predicted octanol–water partition coefficient (Wildman–Crippen LogP) is 1.61. The highest BCUT2D eigenvalue weighted by atomic mass is 16.4. The van der Waals surface area contributed by atoms with Crippen molar-refractivity contribution in [2.45, 2.75) is 27.3 Å². The Morgan fingerprint density at radius 1 is 1.42 bits per heavy atom. The minimum Gasteiger partial charge on any atom is -0.445 e. The Hall–Kier alpha value is -2.11. The summed E-state index contributed by atoms with van der Waals surface area (Å²) in [5.41, 5.74) is 2.33. The molecule has 0 aliphatic rings. The molecule has 0 spiro atoms. The van der Waals surface area contributed by atoms with Crippen LogP contribution >= 0.6 is 0 Å². The molecule has 0 saturated heterocycles. The Kier molecular flexibility index (Phi) is 3.42. The van der Waals surface area contributed by atoms with Crippen molar-refractivity contribution in [2.24, 2.45) is 7.05 Å². The quantitative estimate of drug-likeness (QED) is 0.843. The summed E-state index contributed by atoms with van der Waals surface area (Å²) in [7, 11) is 3.61. The van der Waals surface area contributed by atoms with E-state index in [1.54, 1.807) is 30.5 Å². The number of aromatic nitrogens is 3. The number of hydrogen-bond acceptors (Lipinski definition) is 4. The maximum atomic E-state index is 12.3. The minimum atomic E-state index is -0.141. The first kappa shape index (κ1) is 13.3. The number of carbonyl (C=O) groups excluding carboxylic acids is 1. The summed E-state index contributed by atoms with van der Waals surface area (Å²) in [6, 6.07) is 0. The summed E-state index contributed by atoms with van der Waals surface area (Å²) in [5.74, 6) is 0.918. The van der Waals surface area contributed by atoms with Crippen molar-refractivity contribution in [2.75, 3.05) is 7.05 Å². The normalized spacial score (nSPS) is 10.8. The molecule has 0 atom stereocenters. The van der Waals surface area contributed by atoms with E-state index >= 15 is 0 Å². The topological polar surface area (TPSA) is 64.2 Å². The Labute approximate surface area is 112 Å². The third-order valence-electron chi connectivity index (χ3n) is 2.98. The molecule has 1 amide bonds. The van der Waals surface area contributed by atoms with Gasteiger partial charge >= 0.3 is 0 Å². The zero-order valence-corrected chi connectivity index (χ0v) is 11.9. The number of amides is 1. The lowest BCUT2D eigenvalue weighted by Crippen LogP contribution is -2.27. The van der Waals surface area contributed by atoms with E-state index in [1.807, 2.05) is 20.2 Å². The Balaban J connectivity index is 2.16. The van der Waals surface area contributed by atoms with Gasteiger partial charge in [0, 0.05) is 39.3 Å². The van der Waals surface area contributed by atoms with Gasteiger partial charge in [-0.25, -0.2) is 4.98 Å². The van der Waals surface area contributed by atoms with E-state index in [0.29, 0.717) is 23.9 Å². The monoisotopic (exact) mass is 262 g/mol. The number of nitrogens with zero attached hydrogens (tertiary/aromatic N) is 4. The molecule has 0 bridgehead atoms. The van der Waals surface area contributed by atoms with Crippen LogP contribution in [0.15, 0.2) is 10.6 Å². The maximum absolute atomic E-state index is 12.3. The van der Waals surface area contributed by atoms with Crippen LogP contribution < -0.4 is 0 Å². The molecule has 0 aliphatic heterocycles. The number of hydrogen-bond donors (Lipinski definition) is 0. The highest BCUT2D eigenvalue weighted by molar-refractivity contribution is 5.93. The molecule has 2 aromatic heterocycles. The first-order valence-corrected chi connectivity index (χ1v) is 6.07. The largest absolute Gasteiger partial charge is 0.445 e. The van der Waals surface area contributed by atoms with Gasteiger partial charge in [-0.1, -0.05) is 0 Å². The van der Waals surface area contributed by atoms with Gasteiger partial charge in [-0.3, -0.25) is 9.48 Å². The van der Waals surface area contributed by atoms with Crippen LogP contribution in [-0.4, -0.2) is 32.6 Å². The molecule has 19 heavy (non-hydrogen) atoms. The van der Waals surface area contributed by atoms with E-state index in [-0.39, 0.29) is 5.91 Å². The van der Waals surface area contributed by atoms with E-state index < -0.39 is 0 Å². The molecule has 6 nitrogen and oxygen atoms in total. The van der Waals surface area contributed by atoms with Crippen LogP contribution in [0.5, 0.6) is 0 Å². The molecule has 6 heteroatoms. The SMILES string of the molecule is Cc1nc(C(=O)N(C)Cc2cn(C)nc2C)c(C)o1. The van der Waals surface area contributed by atoms with Crippen molar-refractivity contribution in [3.63, 3.8) is 0 Å². The van der Waals surface area contributed by atoms with Gasteiger partial charge in [0.1, 0.15) is 5.76 Å². The number of oxazole rings is 1. The zero-order chi connectivity index (χ0) is 14.2. The van der Waals surface area contributed by atoms with Gasteiger partial charge in [0.2, 0.25) is 0 Å². The van der Waals surface area contributed by atoms with Gasteiger partial charge in [0.05, 0.1) is 5.69 Å². The highest BCUT2D eigenvalue weighted by Gasteiger charge is 2.20. The van der Waals surface area contributed by atoms with Gasteiger partial charge < -0.3 is 9.32 Å². The van der Waals surface area contributed by atoms with E-state index in [9.17, 15) is 4.79 Å². The highest BCUT2D eigenvalue weighted by Crippen LogP contribution is 2.14. The molecule has 0 aliphatic carbocycles. The molecule has 0 N–H and O–H groups in total. The molecule has 0 saturated carbocycles. The third-order valence-corrected chi connectivity index (χ3v) is 2.98. The van der Waals surface area contributed by atoms with E-state index in [0.717, 1.165) is 11.3 Å². The molecule has 102 valence electrons. The lowest BCUT2D eigenvalue weighted by Gasteiger charge is -2.15. The second kappa shape index (κ2) is 4.87. The van der Waals surface area contributed by atoms with Crippen molar-refractivity contribution < 1.29 is 9.21 Å². The summed E-state index contributed by atoms with van der Waals surface area (Å²) in [4.78, 5) is 18.0. The van der Waals surface area contributed by atoms with Gasteiger partial charge in [-0.2, -0.15) is 5.10 Å². The summed E-state index contributed by atoms with van der Waals surface area (Å²) in [6.07, 6.45) is 1.92. The van der Waals surface area contributed by atoms with Crippen molar-refractivity contribution in [1.29, 1.82) is 0 Å². The second-order valence-corrected chi connectivity index (χ2v) is 4.71. The van der Waals surface area contributed by atoms with Crippen molar-refractivity contribution in [3.05, 3.63) is 34.8 Å². The summed E-state index contributed by atoms with van der Waals surface area (Å²) in [6.45, 7) is 5.91. The van der Waals surface area contributed by atoms with E-state index in [4.69, 9.17) is 4.42 Å². The van der Waals surface area contributed by atoms with Crippen LogP contribution in [0.4, 0.5) is 0 Å². The van der Waals surface area contributed by atoms with E-state index in [1.165, 1.54) is 0 Å². The van der Waals surface area contributed by atoms with Gasteiger partial charge in [-0.05, 0) is 13.8 Å².